The number of allylic oxidation sites excluding steroid dienone is 1. The highest BCUT2D eigenvalue weighted by atomic mass is 32.2. The zero-order valence-electron chi connectivity index (χ0n) is 17.0. The molecule has 4 aromatic rings. The molecule has 0 radical (unpaired) electrons. The number of aromatic nitrogens is 2. The van der Waals surface area contributed by atoms with Crippen LogP contribution in [0.4, 0.5) is 4.39 Å². The molecular weight excluding hydrogens is 445 g/mol. The number of amides is 1. The topological polar surface area (TPSA) is 64.0 Å². The molecule has 162 valence electrons. The third-order valence-electron chi connectivity index (χ3n) is 4.81. The number of carbonyl (C=O) groups excluding carboxylic acids is 1. The van der Waals surface area contributed by atoms with Gasteiger partial charge < -0.3 is 5.32 Å². The number of nitrogens with one attached hydrogen (secondary N) is 1. The fraction of sp³-hybridized carbons (Fsp3) is 0.125. The summed E-state index contributed by atoms with van der Waals surface area (Å²) in [7, 11) is 0. The average Bonchev–Trinajstić information content (AvgIpc) is 3.34. The molecule has 0 spiro atoms. The molecule has 0 fully saturated rings. The molecule has 0 aliphatic carbocycles. The van der Waals surface area contributed by atoms with Crippen molar-refractivity contribution >= 4 is 39.9 Å². The van der Waals surface area contributed by atoms with Gasteiger partial charge in [-0.25, -0.2) is 9.37 Å². The molecule has 1 atom stereocenters. The molecule has 1 N–H and O–H groups in total. The van der Waals surface area contributed by atoms with Gasteiger partial charge in [-0.1, -0.05) is 48.2 Å². The fourth-order valence-electron chi connectivity index (χ4n) is 3.31. The average molecular weight is 466 g/mol. The molecule has 2 aromatic heterocycles. The second-order valence-electron chi connectivity index (χ2n) is 6.97. The summed E-state index contributed by atoms with van der Waals surface area (Å²) in [5.41, 5.74) is 1.21. The number of nitrogens with zero attached hydrogens (tertiary/aromatic N) is 2. The van der Waals surface area contributed by atoms with Crippen molar-refractivity contribution in [1.82, 2.24) is 14.9 Å². The molecule has 0 saturated heterocycles. The van der Waals surface area contributed by atoms with Gasteiger partial charge in [0.1, 0.15) is 5.82 Å². The molecule has 0 saturated carbocycles. The summed E-state index contributed by atoms with van der Waals surface area (Å²) in [6, 6.07) is 16.7. The molecule has 0 aliphatic rings. The molecule has 4 rings (SSSR count). The molecular formula is C24H20FN3O2S2. The monoisotopic (exact) mass is 465 g/mol. The van der Waals surface area contributed by atoms with Gasteiger partial charge in [-0.05, 0) is 41.3 Å². The van der Waals surface area contributed by atoms with Gasteiger partial charge in [-0.3, -0.25) is 14.2 Å². The molecule has 0 aliphatic heterocycles. The van der Waals surface area contributed by atoms with Gasteiger partial charge >= 0.3 is 0 Å². The summed E-state index contributed by atoms with van der Waals surface area (Å²) in [6.45, 7) is 4.02. The predicted molar refractivity (Wildman–Crippen MR) is 128 cm³/mol. The van der Waals surface area contributed by atoms with Crippen LogP contribution in [-0.4, -0.2) is 21.2 Å². The first-order valence-corrected chi connectivity index (χ1v) is 11.7. The van der Waals surface area contributed by atoms with E-state index in [4.69, 9.17) is 0 Å². The van der Waals surface area contributed by atoms with Crippen LogP contribution in [0.15, 0.2) is 88.6 Å². The lowest BCUT2D eigenvalue weighted by Gasteiger charge is -2.18. The van der Waals surface area contributed by atoms with Gasteiger partial charge in [0.15, 0.2) is 5.16 Å². The SMILES string of the molecule is C=CCn1c(SCC(=O)NC(c2ccc(F)cc2)c2cccs2)nc2ccccc2c1=O. The Balaban J connectivity index is 1.55. The minimum Gasteiger partial charge on any atom is -0.344 e. The lowest BCUT2D eigenvalue weighted by molar-refractivity contribution is -0.119. The van der Waals surface area contributed by atoms with Gasteiger partial charge in [0.25, 0.3) is 5.56 Å². The van der Waals surface area contributed by atoms with Crippen molar-refractivity contribution in [2.75, 3.05) is 5.75 Å². The minimum atomic E-state index is -0.386. The van der Waals surface area contributed by atoms with E-state index in [9.17, 15) is 14.0 Å². The highest BCUT2D eigenvalue weighted by molar-refractivity contribution is 7.99. The van der Waals surface area contributed by atoms with Gasteiger partial charge in [-0.2, -0.15) is 0 Å². The lowest BCUT2D eigenvalue weighted by atomic mass is 10.1. The maximum atomic E-state index is 13.4. The number of benzene rings is 2. The molecule has 5 nitrogen and oxygen atoms in total. The Hall–Kier alpha value is -3.23. The van der Waals surface area contributed by atoms with E-state index in [1.807, 2.05) is 23.6 Å². The molecule has 2 heterocycles. The smallest absolute Gasteiger partial charge is 0.262 e. The number of fused-ring (bicyclic) bond motifs is 1. The van der Waals surface area contributed by atoms with Crippen molar-refractivity contribution in [1.29, 1.82) is 0 Å². The van der Waals surface area contributed by atoms with E-state index in [0.29, 0.717) is 22.6 Å². The Kier molecular flexibility index (Phi) is 6.82. The Bertz CT molecular complexity index is 1300. The Labute approximate surface area is 192 Å². The maximum Gasteiger partial charge on any atom is 0.262 e. The first-order valence-electron chi connectivity index (χ1n) is 9.88. The van der Waals surface area contributed by atoms with Gasteiger partial charge in [0.05, 0.1) is 22.7 Å². The second-order valence-corrected chi connectivity index (χ2v) is 8.89. The van der Waals surface area contributed by atoms with Gasteiger partial charge in [0.2, 0.25) is 5.91 Å². The number of para-hydroxylation sites is 1. The van der Waals surface area contributed by atoms with Crippen LogP contribution < -0.4 is 10.9 Å². The Morgan fingerprint density at radius 1 is 1.19 bits per heavy atom. The number of thiophene rings is 1. The van der Waals surface area contributed by atoms with E-state index >= 15 is 0 Å². The van der Waals surface area contributed by atoms with Gasteiger partial charge in [0, 0.05) is 11.4 Å². The van der Waals surface area contributed by atoms with Crippen molar-refractivity contribution in [2.45, 2.75) is 17.7 Å². The van der Waals surface area contributed by atoms with Crippen molar-refractivity contribution in [3.05, 3.63) is 105 Å². The molecule has 2 aromatic carbocycles. The number of halogens is 1. The third kappa shape index (κ3) is 4.81. The number of thioether (sulfide) groups is 1. The highest BCUT2D eigenvalue weighted by Gasteiger charge is 2.19. The fourth-order valence-corrected chi connectivity index (χ4v) is 4.93. The third-order valence-corrected chi connectivity index (χ3v) is 6.72. The Morgan fingerprint density at radius 2 is 1.97 bits per heavy atom. The van der Waals surface area contributed by atoms with Crippen LogP contribution in [0.1, 0.15) is 16.5 Å². The van der Waals surface area contributed by atoms with E-state index < -0.39 is 0 Å². The zero-order chi connectivity index (χ0) is 22.5. The summed E-state index contributed by atoms with van der Waals surface area (Å²) in [6.07, 6.45) is 1.63. The summed E-state index contributed by atoms with van der Waals surface area (Å²) in [5, 5.41) is 5.93. The van der Waals surface area contributed by atoms with E-state index in [0.717, 1.165) is 10.4 Å². The van der Waals surface area contributed by atoms with Crippen molar-refractivity contribution in [3.8, 4) is 0 Å². The molecule has 1 amide bonds. The van der Waals surface area contributed by atoms with Gasteiger partial charge in [-0.15, -0.1) is 17.9 Å². The number of carbonyl (C=O) groups is 1. The van der Waals surface area contributed by atoms with Crippen LogP contribution in [0.25, 0.3) is 10.9 Å². The predicted octanol–water partition coefficient (Wildman–Crippen LogP) is 4.78. The van der Waals surface area contributed by atoms with Crippen LogP contribution in [0.5, 0.6) is 0 Å². The van der Waals surface area contributed by atoms with Crippen molar-refractivity contribution in [3.63, 3.8) is 0 Å². The van der Waals surface area contributed by atoms with E-state index in [1.165, 1.54) is 39.8 Å². The largest absolute Gasteiger partial charge is 0.344 e. The molecule has 0 bridgehead atoms. The second kappa shape index (κ2) is 9.93. The summed E-state index contributed by atoms with van der Waals surface area (Å²) >= 11 is 2.71. The summed E-state index contributed by atoms with van der Waals surface area (Å²) in [5.74, 6) is -0.473. The number of hydrogen-bond acceptors (Lipinski definition) is 5. The maximum absolute atomic E-state index is 13.4. The summed E-state index contributed by atoms with van der Waals surface area (Å²) in [4.78, 5) is 31.2. The number of hydrogen-bond donors (Lipinski definition) is 1. The molecule has 8 heteroatoms. The van der Waals surface area contributed by atoms with E-state index in [1.54, 1.807) is 36.4 Å². The first kappa shape index (κ1) is 22.0. The van der Waals surface area contributed by atoms with Crippen LogP contribution >= 0.6 is 23.1 Å². The highest BCUT2D eigenvalue weighted by Crippen LogP contribution is 2.27. The molecule has 32 heavy (non-hydrogen) atoms. The Morgan fingerprint density at radius 3 is 2.69 bits per heavy atom. The quantitative estimate of drug-likeness (QED) is 0.231. The van der Waals surface area contributed by atoms with Crippen LogP contribution in [0, 0.1) is 5.82 Å². The summed E-state index contributed by atoms with van der Waals surface area (Å²) < 4.78 is 14.9. The van der Waals surface area contributed by atoms with Crippen LogP contribution in [0.3, 0.4) is 0 Å². The zero-order valence-corrected chi connectivity index (χ0v) is 18.7. The van der Waals surface area contributed by atoms with Crippen LogP contribution in [0.2, 0.25) is 0 Å². The van der Waals surface area contributed by atoms with E-state index in [-0.39, 0.29) is 29.1 Å². The minimum absolute atomic E-state index is 0.0744. The lowest BCUT2D eigenvalue weighted by Crippen LogP contribution is -2.31. The standard InChI is InChI=1S/C24H20FN3O2S2/c1-2-13-28-23(30)18-6-3-4-7-19(18)26-24(28)32-15-21(29)27-22(20-8-5-14-31-20)16-9-11-17(25)12-10-16/h2-12,14,22H,1,13,15H2,(H,27,29). The van der Waals surface area contributed by atoms with Crippen molar-refractivity contribution < 1.29 is 9.18 Å². The van der Waals surface area contributed by atoms with Crippen LogP contribution in [-0.2, 0) is 11.3 Å². The number of rotatable bonds is 8. The van der Waals surface area contributed by atoms with Crippen molar-refractivity contribution in [2.24, 2.45) is 0 Å². The normalized spacial score (nSPS) is 11.9. The first-order chi connectivity index (χ1) is 15.6. The van der Waals surface area contributed by atoms with E-state index in [2.05, 4.69) is 16.9 Å². The molecule has 1 unspecified atom stereocenters.